The number of piperazine rings is 1. The van der Waals surface area contributed by atoms with Gasteiger partial charge in [0.2, 0.25) is 11.7 Å². The molecule has 2 aromatic rings. The van der Waals surface area contributed by atoms with Crippen molar-refractivity contribution in [3.63, 3.8) is 0 Å². The van der Waals surface area contributed by atoms with Gasteiger partial charge in [-0.15, -0.1) is 0 Å². The highest BCUT2D eigenvalue weighted by atomic mass is 35.5. The van der Waals surface area contributed by atoms with E-state index < -0.39 is 4.92 Å². The maximum atomic E-state index is 12.8. The Hall–Kier alpha value is -2.45. The highest BCUT2D eigenvalue weighted by Gasteiger charge is 2.29. The highest BCUT2D eigenvalue weighted by Crippen LogP contribution is 2.29. The Morgan fingerprint density at radius 3 is 2.92 bits per heavy atom. The van der Waals surface area contributed by atoms with Crippen molar-refractivity contribution in [3.05, 3.63) is 57.0 Å². The zero-order valence-corrected chi connectivity index (χ0v) is 15.1. The van der Waals surface area contributed by atoms with Gasteiger partial charge in [-0.3, -0.25) is 4.79 Å². The molecule has 0 spiro atoms. The second-order valence-electron chi connectivity index (χ2n) is 6.18. The summed E-state index contributed by atoms with van der Waals surface area (Å²) >= 11 is 6.31. The molecule has 1 aliphatic heterocycles. The first-order valence-corrected chi connectivity index (χ1v) is 8.78. The lowest BCUT2D eigenvalue weighted by molar-refractivity contribution is -0.389. The minimum Gasteiger partial charge on any atom is -0.358 e. The molecule has 0 bridgehead atoms. The predicted octanol–water partition coefficient (Wildman–Crippen LogP) is 2.32. The fourth-order valence-electron chi connectivity index (χ4n) is 3.19. The zero-order valence-electron chi connectivity index (χ0n) is 14.4. The van der Waals surface area contributed by atoms with Crippen LogP contribution in [0.4, 0.5) is 5.82 Å². The Labute approximate surface area is 155 Å². The molecular formula is C17H20ClN5O3. The first-order valence-electron chi connectivity index (χ1n) is 8.40. The fourth-order valence-corrected chi connectivity index (χ4v) is 3.45. The number of rotatable bonds is 5. The van der Waals surface area contributed by atoms with Gasteiger partial charge in [0.1, 0.15) is 6.20 Å². The molecule has 26 heavy (non-hydrogen) atoms. The number of aryl methyl sites for hydroxylation is 2. The van der Waals surface area contributed by atoms with Crippen molar-refractivity contribution in [2.24, 2.45) is 0 Å². The summed E-state index contributed by atoms with van der Waals surface area (Å²) < 4.78 is 1.64. The SMILES string of the molecule is Cc1nc([N+](=O)[O-])cn1CCC(=O)N1CCNCC1c1ccccc1Cl. The van der Waals surface area contributed by atoms with E-state index in [1.54, 1.807) is 11.5 Å². The number of benzene rings is 1. The molecule has 0 aliphatic carbocycles. The lowest BCUT2D eigenvalue weighted by Crippen LogP contribution is -2.48. The monoisotopic (exact) mass is 377 g/mol. The summed E-state index contributed by atoms with van der Waals surface area (Å²) in [5.41, 5.74) is 0.921. The molecule has 1 atom stereocenters. The Morgan fingerprint density at radius 1 is 1.46 bits per heavy atom. The van der Waals surface area contributed by atoms with Crippen LogP contribution in [0.15, 0.2) is 30.5 Å². The van der Waals surface area contributed by atoms with Gasteiger partial charge >= 0.3 is 5.82 Å². The summed E-state index contributed by atoms with van der Waals surface area (Å²) in [4.78, 5) is 28.8. The number of hydrogen-bond donors (Lipinski definition) is 1. The number of hydrogen-bond acceptors (Lipinski definition) is 5. The van der Waals surface area contributed by atoms with Crippen molar-refractivity contribution in [1.29, 1.82) is 0 Å². The largest absolute Gasteiger partial charge is 0.381 e. The van der Waals surface area contributed by atoms with Crippen molar-refractivity contribution < 1.29 is 9.72 Å². The molecule has 1 saturated heterocycles. The van der Waals surface area contributed by atoms with E-state index in [9.17, 15) is 14.9 Å². The topological polar surface area (TPSA) is 93.3 Å². The van der Waals surface area contributed by atoms with Crippen LogP contribution in [0.2, 0.25) is 5.02 Å². The van der Waals surface area contributed by atoms with Gasteiger partial charge < -0.3 is 24.9 Å². The smallest absolute Gasteiger partial charge is 0.358 e. The van der Waals surface area contributed by atoms with Gasteiger partial charge in [0.25, 0.3) is 0 Å². The van der Waals surface area contributed by atoms with Crippen molar-refractivity contribution in [2.75, 3.05) is 19.6 Å². The van der Waals surface area contributed by atoms with Crippen LogP contribution < -0.4 is 5.32 Å². The van der Waals surface area contributed by atoms with Gasteiger partial charge in [-0.05, 0) is 21.5 Å². The van der Waals surface area contributed by atoms with E-state index in [1.807, 2.05) is 29.2 Å². The number of nitro groups is 1. The third-order valence-corrected chi connectivity index (χ3v) is 4.89. The van der Waals surface area contributed by atoms with Gasteiger partial charge in [0, 0.05) is 44.5 Å². The number of nitrogens with zero attached hydrogens (tertiary/aromatic N) is 4. The zero-order chi connectivity index (χ0) is 18.7. The average molecular weight is 378 g/mol. The molecule has 1 N–H and O–H groups in total. The van der Waals surface area contributed by atoms with Crippen LogP contribution in [-0.2, 0) is 11.3 Å². The first kappa shape index (κ1) is 18.3. The molecular weight excluding hydrogens is 358 g/mol. The summed E-state index contributed by atoms with van der Waals surface area (Å²) in [6, 6.07) is 7.41. The summed E-state index contributed by atoms with van der Waals surface area (Å²) in [6.45, 7) is 4.00. The summed E-state index contributed by atoms with van der Waals surface area (Å²) in [7, 11) is 0. The van der Waals surface area contributed by atoms with E-state index >= 15 is 0 Å². The standard InChI is InChI=1S/C17H20ClN5O3/c1-12-20-16(23(25)26)11-21(12)8-6-17(24)22-9-7-19-10-15(22)13-4-2-3-5-14(13)18/h2-5,11,15,19H,6-10H2,1H3. The third kappa shape index (κ3) is 3.86. The number of aromatic nitrogens is 2. The van der Waals surface area contributed by atoms with Crippen LogP contribution >= 0.6 is 11.6 Å². The van der Waals surface area contributed by atoms with Crippen LogP contribution in [0.3, 0.4) is 0 Å². The number of carbonyl (C=O) groups is 1. The predicted molar refractivity (Wildman–Crippen MR) is 97.0 cm³/mol. The third-order valence-electron chi connectivity index (χ3n) is 4.54. The van der Waals surface area contributed by atoms with Crippen LogP contribution in [0, 0.1) is 17.0 Å². The van der Waals surface area contributed by atoms with E-state index in [4.69, 9.17) is 11.6 Å². The lowest BCUT2D eigenvalue weighted by Gasteiger charge is -2.37. The molecule has 8 nitrogen and oxygen atoms in total. The summed E-state index contributed by atoms with van der Waals surface area (Å²) in [6.07, 6.45) is 1.61. The quantitative estimate of drug-likeness (QED) is 0.637. The Balaban J connectivity index is 1.71. The molecule has 138 valence electrons. The molecule has 0 radical (unpaired) electrons. The second-order valence-corrected chi connectivity index (χ2v) is 6.58. The molecule has 1 unspecified atom stereocenters. The van der Waals surface area contributed by atoms with Gasteiger partial charge in [-0.25, -0.2) is 0 Å². The minimum atomic E-state index is -0.533. The molecule has 9 heteroatoms. The van der Waals surface area contributed by atoms with Crippen LogP contribution in [0.1, 0.15) is 23.9 Å². The van der Waals surface area contributed by atoms with Crippen molar-refractivity contribution in [3.8, 4) is 0 Å². The average Bonchev–Trinajstić information content (AvgIpc) is 3.01. The van der Waals surface area contributed by atoms with Gasteiger partial charge in [-0.1, -0.05) is 29.8 Å². The molecule has 1 aromatic carbocycles. The van der Waals surface area contributed by atoms with E-state index in [0.717, 1.165) is 12.1 Å². The number of nitrogens with one attached hydrogen (secondary N) is 1. The molecule has 0 saturated carbocycles. The first-order chi connectivity index (χ1) is 12.5. The number of amides is 1. The van der Waals surface area contributed by atoms with Crippen molar-refractivity contribution in [1.82, 2.24) is 19.8 Å². The Bertz CT molecular complexity index is 822. The summed E-state index contributed by atoms with van der Waals surface area (Å²) in [5.74, 6) is 0.311. The van der Waals surface area contributed by atoms with Crippen molar-refractivity contribution in [2.45, 2.75) is 25.9 Å². The Morgan fingerprint density at radius 2 is 2.23 bits per heavy atom. The number of carbonyl (C=O) groups excluding carboxylic acids is 1. The Kier molecular flexibility index (Phi) is 5.53. The van der Waals surface area contributed by atoms with Gasteiger partial charge in [-0.2, -0.15) is 0 Å². The molecule has 1 amide bonds. The van der Waals surface area contributed by atoms with Crippen LogP contribution in [0.25, 0.3) is 0 Å². The van der Waals surface area contributed by atoms with Crippen molar-refractivity contribution >= 4 is 23.3 Å². The minimum absolute atomic E-state index is 0.00725. The van der Waals surface area contributed by atoms with Crippen LogP contribution in [-0.4, -0.2) is 44.9 Å². The maximum Gasteiger partial charge on any atom is 0.381 e. The summed E-state index contributed by atoms with van der Waals surface area (Å²) in [5, 5.41) is 14.8. The molecule has 1 aromatic heterocycles. The van der Waals surface area contributed by atoms with E-state index in [2.05, 4.69) is 10.3 Å². The number of imidazole rings is 1. The highest BCUT2D eigenvalue weighted by molar-refractivity contribution is 6.31. The molecule has 3 rings (SSSR count). The fraction of sp³-hybridized carbons (Fsp3) is 0.412. The van der Waals surface area contributed by atoms with Crippen LogP contribution in [0.5, 0.6) is 0 Å². The lowest BCUT2D eigenvalue weighted by atomic mass is 10.0. The molecule has 1 aliphatic rings. The second kappa shape index (κ2) is 7.84. The van der Waals surface area contributed by atoms with Gasteiger partial charge in [0.05, 0.1) is 6.04 Å². The molecule has 1 fully saturated rings. The van der Waals surface area contributed by atoms with E-state index in [0.29, 0.717) is 30.5 Å². The maximum absolute atomic E-state index is 12.8. The normalized spacial score (nSPS) is 17.3. The van der Waals surface area contributed by atoms with E-state index in [1.165, 1.54) is 6.20 Å². The van der Waals surface area contributed by atoms with E-state index in [-0.39, 0.29) is 24.2 Å². The van der Waals surface area contributed by atoms with Gasteiger partial charge in [0.15, 0.2) is 0 Å². The molecule has 2 heterocycles. The number of halogens is 1.